The second-order valence-corrected chi connectivity index (χ2v) is 7.53. The molecule has 28 heavy (non-hydrogen) atoms. The summed E-state index contributed by atoms with van der Waals surface area (Å²) >= 11 is 1.24. The molecular formula is C20H16N4O3S. The van der Waals surface area contributed by atoms with Crippen LogP contribution in [0.15, 0.2) is 59.4 Å². The topological polar surface area (TPSA) is 97.5 Å². The Kier molecular flexibility index (Phi) is 4.79. The van der Waals surface area contributed by atoms with Gasteiger partial charge >= 0.3 is 5.97 Å². The van der Waals surface area contributed by atoms with Crippen molar-refractivity contribution >= 4 is 34.3 Å². The van der Waals surface area contributed by atoms with Gasteiger partial charge in [-0.2, -0.15) is 14.6 Å². The van der Waals surface area contributed by atoms with Crippen molar-refractivity contribution in [1.29, 1.82) is 0 Å². The molecule has 2 aromatic carbocycles. The molecular weight excluding hydrogens is 376 g/mol. The molecule has 0 saturated carbocycles. The maximum Gasteiger partial charge on any atom is 0.313 e. The third kappa shape index (κ3) is 3.34. The fraction of sp³-hybridized carbons (Fsp3) is 0.150. The second kappa shape index (κ2) is 7.40. The van der Waals surface area contributed by atoms with E-state index in [-0.39, 0.29) is 16.7 Å². The highest BCUT2D eigenvalue weighted by molar-refractivity contribution is 8.00. The first-order valence-electron chi connectivity index (χ1n) is 8.63. The number of benzene rings is 2. The molecule has 0 fully saturated rings. The Bertz CT molecular complexity index is 1240. The van der Waals surface area contributed by atoms with Gasteiger partial charge in [-0.3, -0.25) is 9.59 Å². The van der Waals surface area contributed by atoms with E-state index in [1.54, 1.807) is 16.6 Å². The quantitative estimate of drug-likeness (QED) is 0.521. The highest BCUT2D eigenvalue weighted by Crippen LogP contribution is 2.29. The van der Waals surface area contributed by atoms with Gasteiger partial charge in [0.1, 0.15) is 5.82 Å². The third-order valence-electron chi connectivity index (χ3n) is 4.28. The Morgan fingerprint density at radius 1 is 1.11 bits per heavy atom. The van der Waals surface area contributed by atoms with Crippen molar-refractivity contribution in [2.75, 3.05) is 5.75 Å². The van der Waals surface area contributed by atoms with E-state index in [0.717, 1.165) is 0 Å². The summed E-state index contributed by atoms with van der Waals surface area (Å²) in [5.41, 5.74) is 1.57. The fourth-order valence-corrected chi connectivity index (χ4v) is 3.66. The zero-order chi connectivity index (χ0) is 19.7. The maximum atomic E-state index is 12.7. The largest absolute Gasteiger partial charge is 0.481 e. The van der Waals surface area contributed by atoms with E-state index in [4.69, 9.17) is 10.1 Å². The summed E-state index contributed by atoms with van der Waals surface area (Å²) in [6.45, 7) is 1.87. The van der Waals surface area contributed by atoms with Gasteiger partial charge in [0.05, 0.1) is 16.5 Å². The second-order valence-electron chi connectivity index (χ2n) is 6.20. The lowest BCUT2D eigenvalue weighted by atomic mass is 10.1. The Morgan fingerprint density at radius 2 is 1.82 bits per heavy atom. The maximum absolute atomic E-state index is 12.7. The van der Waals surface area contributed by atoms with Crippen molar-refractivity contribution in [3.05, 3.63) is 70.8 Å². The van der Waals surface area contributed by atoms with Crippen molar-refractivity contribution in [2.24, 2.45) is 0 Å². The summed E-state index contributed by atoms with van der Waals surface area (Å²) in [6, 6.07) is 16.5. The molecule has 2 aromatic heterocycles. The van der Waals surface area contributed by atoms with Gasteiger partial charge in [-0.15, -0.1) is 11.8 Å². The number of carboxylic acids is 1. The molecule has 0 bridgehead atoms. The number of hydrogen-bond acceptors (Lipinski definition) is 6. The van der Waals surface area contributed by atoms with Crippen LogP contribution in [-0.4, -0.2) is 36.4 Å². The lowest BCUT2D eigenvalue weighted by molar-refractivity contribution is -0.133. The Balaban J connectivity index is 2.00. The lowest BCUT2D eigenvalue weighted by Gasteiger charge is -2.15. The molecule has 1 atom stereocenters. The summed E-state index contributed by atoms with van der Waals surface area (Å²) in [4.78, 5) is 32.6. The van der Waals surface area contributed by atoms with E-state index in [9.17, 15) is 9.59 Å². The highest BCUT2D eigenvalue weighted by atomic mass is 32.2. The zero-order valence-corrected chi connectivity index (χ0v) is 15.8. The van der Waals surface area contributed by atoms with Crippen molar-refractivity contribution in [3.8, 4) is 11.3 Å². The number of thioether (sulfide) groups is 1. The molecule has 0 aliphatic heterocycles. The molecule has 8 heteroatoms. The standard InChI is InChI=1S/C20H16N4O3S/c1-12(28-11-16(25)26)18-21-15-10-6-5-9-14(15)19-22-20(27)17(23-24(18)19)13-7-3-2-4-8-13/h2-10,12H,11H2,1H3,(H,25,26)/t12-/m0/s1. The number of fused-ring (bicyclic) bond motifs is 3. The van der Waals surface area contributed by atoms with Gasteiger partial charge in [0, 0.05) is 10.9 Å². The van der Waals surface area contributed by atoms with Crippen LogP contribution < -0.4 is 5.56 Å². The molecule has 0 radical (unpaired) electrons. The van der Waals surface area contributed by atoms with Crippen molar-refractivity contribution in [2.45, 2.75) is 12.2 Å². The molecule has 0 aliphatic rings. The van der Waals surface area contributed by atoms with E-state index in [1.807, 2.05) is 49.4 Å². The van der Waals surface area contributed by atoms with E-state index in [2.05, 4.69) is 10.1 Å². The van der Waals surface area contributed by atoms with Gasteiger partial charge in [-0.1, -0.05) is 42.5 Å². The Labute approximate surface area is 164 Å². The molecule has 2 heterocycles. The van der Waals surface area contributed by atoms with Crippen molar-refractivity contribution < 1.29 is 9.90 Å². The van der Waals surface area contributed by atoms with Gasteiger partial charge in [-0.05, 0) is 19.1 Å². The summed E-state index contributed by atoms with van der Waals surface area (Å²) in [6.07, 6.45) is 0. The average Bonchev–Trinajstić information content (AvgIpc) is 2.71. The minimum absolute atomic E-state index is 0.0592. The SMILES string of the molecule is C[C@H](SCC(=O)O)c1nc2ccccc2c2nc(=O)c(-c3ccccc3)nn12. The summed E-state index contributed by atoms with van der Waals surface area (Å²) in [7, 11) is 0. The normalized spacial score (nSPS) is 12.3. The lowest BCUT2D eigenvalue weighted by Crippen LogP contribution is -2.19. The highest BCUT2D eigenvalue weighted by Gasteiger charge is 2.19. The number of rotatable bonds is 5. The van der Waals surface area contributed by atoms with E-state index >= 15 is 0 Å². The molecule has 1 N–H and O–H groups in total. The van der Waals surface area contributed by atoms with Crippen LogP contribution in [0.4, 0.5) is 0 Å². The van der Waals surface area contributed by atoms with Crippen LogP contribution in [0.2, 0.25) is 0 Å². The van der Waals surface area contributed by atoms with Crippen molar-refractivity contribution in [3.63, 3.8) is 0 Å². The molecule has 4 aromatic rings. The summed E-state index contributed by atoms with van der Waals surface area (Å²) in [5, 5.41) is 14.0. The Morgan fingerprint density at radius 3 is 2.57 bits per heavy atom. The van der Waals surface area contributed by atoms with Crippen molar-refractivity contribution in [1.82, 2.24) is 19.6 Å². The van der Waals surface area contributed by atoms with Crippen LogP contribution >= 0.6 is 11.8 Å². The molecule has 0 unspecified atom stereocenters. The van der Waals surface area contributed by atoms with Gasteiger partial charge in [0.2, 0.25) is 0 Å². The number of hydrogen-bond donors (Lipinski definition) is 1. The first-order chi connectivity index (χ1) is 13.5. The first kappa shape index (κ1) is 18.1. The van der Waals surface area contributed by atoms with Crippen LogP contribution in [0.25, 0.3) is 27.8 Å². The molecule has 7 nitrogen and oxygen atoms in total. The number of para-hydroxylation sites is 1. The van der Waals surface area contributed by atoms with E-state index in [1.165, 1.54) is 11.8 Å². The molecule has 0 aliphatic carbocycles. The van der Waals surface area contributed by atoms with Gasteiger partial charge in [0.15, 0.2) is 11.3 Å². The number of aliphatic carboxylic acids is 1. The van der Waals surface area contributed by atoms with Crippen LogP contribution in [-0.2, 0) is 4.79 Å². The zero-order valence-electron chi connectivity index (χ0n) is 14.9. The summed E-state index contributed by atoms with van der Waals surface area (Å²) < 4.78 is 1.56. The number of carbonyl (C=O) groups is 1. The van der Waals surface area contributed by atoms with Crippen LogP contribution in [0.1, 0.15) is 18.0 Å². The van der Waals surface area contributed by atoms with E-state index in [0.29, 0.717) is 27.9 Å². The monoisotopic (exact) mass is 392 g/mol. The minimum atomic E-state index is -0.898. The predicted molar refractivity (Wildman–Crippen MR) is 109 cm³/mol. The Hall–Kier alpha value is -3.26. The van der Waals surface area contributed by atoms with Crippen LogP contribution in [0, 0.1) is 0 Å². The predicted octanol–water partition coefficient (Wildman–Crippen LogP) is 3.18. The minimum Gasteiger partial charge on any atom is -0.481 e. The molecule has 0 spiro atoms. The molecule has 140 valence electrons. The average molecular weight is 392 g/mol. The smallest absolute Gasteiger partial charge is 0.313 e. The summed E-state index contributed by atoms with van der Waals surface area (Å²) in [5.74, 6) is -0.412. The molecule has 0 saturated heterocycles. The fourth-order valence-electron chi connectivity index (χ4n) is 2.96. The number of aromatic nitrogens is 4. The molecule has 4 rings (SSSR count). The van der Waals surface area contributed by atoms with Crippen LogP contribution in [0.3, 0.4) is 0 Å². The van der Waals surface area contributed by atoms with Gasteiger partial charge < -0.3 is 5.11 Å². The third-order valence-corrected chi connectivity index (χ3v) is 5.40. The first-order valence-corrected chi connectivity index (χ1v) is 9.68. The van der Waals surface area contributed by atoms with Gasteiger partial charge in [-0.25, -0.2) is 4.98 Å². The number of nitrogens with zero attached hydrogens (tertiary/aromatic N) is 4. The van der Waals surface area contributed by atoms with Gasteiger partial charge in [0.25, 0.3) is 5.56 Å². The molecule has 0 amide bonds. The number of carboxylic acid groups (broad SMARTS) is 1. The van der Waals surface area contributed by atoms with E-state index < -0.39 is 11.5 Å². The van der Waals surface area contributed by atoms with Crippen LogP contribution in [0.5, 0.6) is 0 Å².